The number of H-pyrrole nitrogens is 5. The fourth-order valence-electron chi connectivity index (χ4n) is 23.3. The van der Waals surface area contributed by atoms with Crippen molar-refractivity contribution >= 4 is 5.91 Å². The quantitative estimate of drug-likeness (QED) is 0.0265. The molecule has 124 heavy (non-hydrogen) atoms. The molecule has 21 nitrogen and oxygen atoms in total. The summed E-state index contributed by atoms with van der Waals surface area (Å²) in [6.45, 7) is 38.1. The maximum Gasteiger partial charge on any atom is 0.229 e. The topological polar surface area (TPSA) is 217 Å². The fourth-order valence-corrected chi connectivity index (χ4v) is 23.3. The molecule has 5 aliphatic heterocycles. The summed E-state index contributed by atoms with van der Waals surface area (Å²) >= 11 is 0. The number of hydrogen-bond acceptors (Lipinski definition) is 15. The Balaban J connectivity index is 0.000000142. The number of unbranched alkanes of at least 4 members (excludes halogenated alkanes) is 5. The van der Waals surface area contributed by atoms with Crippen LogP contribution >= 0.6 is 0 Å². The number of halogens is 1. The summed E-state index contributed by atoms with van der Waals surface area (Å²) < 4.78 is 38.7. The summed E-state index contributed by atoms with van der Waals surface area (Å²) in [4.78, 5) is 27.3. The first-order valence-corrected chi connectivity index (χ1v) is 49.9. The second-order valence-electron chi connectivity index (χ2n) is 42.7. The van der Waals surface area contributed by atoms with Crippen LogP contribution in [-0.4, -0.2) is 210 Å². The minimum Gasteiger partial charge on any atom is -0.375 e. The summed E-state index contributed by atoms with van der Waals surface area (Å²) in [5, 5.41) is 38.1. The Morgan fingerprint density at radius 3 is 1.17 bits per heavy atom. The highest BCUT2D eigenvalue weighted by molar-refractivity contribution is 5.85. The van der Waals surface area contributed by atoms with Gasteiger partial charge in [0.05, 0.1) is 90.0 Å². The van der Waals surface area contributed by atoms with E-state index in [2.05, 4.69) is 185 Å². The second-order valence-corrected chi connectivity index (χ2v) is 42.7. The van der Waals surface area contributed by atoms with E-state index >= 15 is 0 Å². The Morgan fingerprint density at radius 2 is 0.790 bits per heavy atom. The van der Waals surface area contributed by atoms with Gasteiger partial charge in [0.25, 0.3) is 0 Å². The minimum absolute atomic E-state index is 0.168. The lowest BCUT2D eigenvalue weighted by atomic mass is 9.68. The zero-order valence-electron chi connectivity index (χ0n) is 80.3. The lowest BCUT2D eigenvalue weighted by Crippen LogP contribution is -2.37. The van der Waals surface area contributed by atoms with E-state index < -0.39 is 0 Å². The van der Waals surface area contributed by atoms with E-state index in [1.807, 2.05) is 36.5 Å². The van der Waals surface area contributed by atoms with Crippen molar-refractivity contribution < 1.29 is 28.1 Å². The smallest absolute Gasteiger partial charge is 0.229 e. The molecule has 1 aromatic carbocycles. The molecular weight excluding hydrogens is 1550 g/mol. The summed E-state index contributed by atoms with van der Waals surface area (Å²) in [5.74, 6) is 2.94. The van der Waals surface area contributed by atoms with Crippen LogP contribution in [0.15, 0.2) is 49.2 Å². The van der Waals surface area contributed by atoms with E-state index in [1.165, 1.54) is 274 Å². The van der Waals surface area contributed by atoms with E-state index in [0.29, 0.717) is 47.0 Å². The normalized spacial score (nSPS) is 23.9. The summed E-state index contributed by atoms with van der Waals surface area (Å²) in [6, 6.07) is 5.07. The zero-order valence-corrected chi connectivity index (χ0v) is 80.3. The Labute approximate surface area is 748 Å². The first-order chi connectivity index (χ1) is 59.7. The van der Waals surface area contributed by atoms with Crippen LogP contribution in [0.1, 0.15) is 397 Å². The van der Waals surface area contributed by atoms with Crippen LogP contribution in [-0.2, 0) is 63.0 Å². The van der Waals surface area contributed by atoms with E-state index in [-0.39, 0.29) is 39.5 Å². The number of aryl methyl sites for hydroxylation is 1. The molecule has 16 rings (SSSR count). The number of carbonyl (C=O) groups is 1. The third-order valence-corrected chi connectivity index (χ3v) is 30.6. The molecule has 6 aromatic rings. The first-order valence-electron chi connectivity index (χ1n) is 49.9. The van der Waals surface area contributed by atoms with Gasteiger partial charge in [-0.2, -0.15) is 25.5 Å². The van der Waals surface area contributed by atoms with Gasteiger partial charge in [-0.1, -0.05) is 113 Å². The van der Waals surface area contributed by atoms with Crippen molar-refractivity contribution in [1.82, 2.24) is 80.4 Å². The predicted octanol–water partition coefficient (Wildman–Crippen LogP) is 21.8. The highest BCUT2D eigenvalue weighted by atomic mass is 19.1. The summed E-state index contributed by atoms with van der Waals surface area (Å²) in [7, 11) is 11.0. The van der Waals surface area contributed by atoms with Gasteiger partial charge in [-0.25, -0.2) is 4.39 Å². The molecule has 5 aromatic heterocycles. The molecule has 5 aliphatic carbocycles. The largest absolute Gasteiger partial charge is 0.375 e. The van der Waals surface area contributed by atoms with Gasteiger partial charge in [0, 0.05) is 104 Å². The van der Waals surface area contributed by atoms with Crippen molar-refractivity contribution in [3.63, 3.8) is 0 Å². The van der Waals surface area contributed by atoms with Crippen molar-refractivity contribution in [3.05, 3.63) is 122 Å². The highest BCUT2D eigenvalue weighted by Crippen LogP contribution is 2.54. The second kappa shape index (κ2) is 45.7. The van der Waals surface area contributed by atoms with Crippen LogP contribution in [0.25, 0.3) is 0 Å². The molecule has 1 atom stereocenters. The maximum atomic E-state index is 13.8. The van der Waals surface area contributed by atoms with Gasteiger partial charge in [-0.15, -0.1) is 0 Å². The summed E-state index contributed by atoms with van der Waals surface area (Å²) in [6.07, 6.45) is 54.9. The number of aromatic nitrogens is 10. The van der Waals surface area contributed by atoms with Crippen LogP contribution in [0, 0.1) is 29.0 Å². The van der Waals surface area contributed by atoms with E-state index in [1.54, 1.807) is 6.07 Å². The number of nitrogens with one attached hydrogen (secondary N) is 5. The monoisotopic (exact) mass is 1720 g/mol. The minimum atomic E-state index is -0.225. The van der Waals surface area contributed by atoms with Gasteiger partial charge >= 0.3 is 0 Å². The van der Waals surface area contributed by atoms with Crippen molar-refractivity contribution in [1.29, 1.82) is 0 Å². The molecule has 0 radical (unpaired) electrons. The highest BCUT2D eigenvalue weighted by Gasteiger charge is 2.51. The Hall–Kier alpha value is -5.69. The lowest BCUT2D eigenvalue weighted by Gasteiger charge is -2.37. The molecule has 1 amide bonds. The molecule has 0 bridgehead atoms. The third-order valence-electron chi connectivity index (χ3n) is 30.6. The number of ether oxygens (including phenoxy) is 4. The Kier molecular flexibility index (Phi) is 35.9. The number of rotatable bonds is 32. The van der Waals surface area contributed by atoms with Gasteiger partial charge in [0.2, 0.25) is 5.91 Å². The average Bonchev–Trinajstić information content (AvgIpc) is 1.64. The fraction of sp³-hybridized carbons (Fsp3) is 0.784. The van der Waals surface area contributed by atoms with Crippen molar-refractivity contribution in [2.75, 3.05) is 101 Å². The number of aromatic amines is 5. The standard InChI is InChI=1S/C26H37FN4O.2C20H35N3O.2C18H31N3O/c1-4-5-11-30(3)18-22-16-28-29-24(22)21-6-8-26(9-7-21)10-12-31(25(26)32)17-20-13-19(2)14-23(27)15-20;2*1-5-6-11-23(4)13-18-17(12-21-22-18)16-7-9-20(10-8-16)14-19(2,3)15-24-20;1-3-4-11-21(2)14-16-13-19-20-17(16)15-6-9-18(10-7-15)8-5-12-22-18;1-3-4-11-21(2)13-16-12-19-20-17(16)15-7-10-18(22-14-15)8-5-6-9-18/h13-16,21H,4-12,17-18H2,1-3H3,(H,28,29);2*12,16H,5-11,13-15H2,1-4H3,(H,21,22);13,15H,3-12,14H2,1-2H3,(H,19,20);12,15H,3-11,13-14H2,1-2H3,(H,19,20). The van der Waals surface area contributed by atoms with Crippen LogP contribution in [0.4, 0.5) is 4.39 Å². The molecule has 5 spiro atoms. The molecule has 5 saturated heterocycles. The molecule has 1 unspecified atom stereocenters. The predicted molar refractivity (Wildman–Crippen MR) is 499 cm³/mol. The lowest BCUT2D eigenvalue weighted by molar-refractivity contribution is -0.138. The molecule has 5 saturated carbocycles. The van der Waals surface area contributed by atoms with Crippen molar-refractivity contribution in [3.8, 4) is 0 Å². The number of benzene rings is 1. The number of amides is 1. The number of likely N-dealkylation sites (tertiary alicyclic amines) is 1. The van der Waals surface area contributed by atoms with E-state index in [0.717, 1.165) is 135 Å². The molecule has 694 valence electrons. The maximum absolute atomic E-state index is 13.8. The van der Waals surface area contributed by atoms with E-state index in [4.69, 9.17) is 18.9 Å². The molecular formula is C102H169FN16O5. The van der Waals surface area contributed by atoms with Gasteiger partial charge in [-0.3, -0.25) is 30.3 Å². The summed E-state index contributed by atoms with van der Waals surface area (Å²) in [5.41, 5.74) is 16.6. The average molecular weight is 1720 g/mol. The molecule has 5 N–H and O–H groups in total. The SMILES string of the molecule is CCCCN(C)Cc1[nH]ncc1C1CCC2(CC1)CC(C)(C)CO2.CCCCN(C)Cc1[nH]ncc1C1CCC2(CC1)CC(C)(C)CO2.CCCCN(C)Cc1cn[nH]c1C1CCC2(CC1)CCN(Cc1cc(C)cc(F)c1)C2=O.CCCCN(C)Cc1cn[nH]c1C1CCC2(CCCC2)OC1.CCCCN(C)Cc1cn[nH]c1C1CCC2(CCCO2)CC1. The molecule has 10 heterocycles. The number of hydrogen-bond donors (Lipinski definition) is 5. The van der Waals surface area contributed by atoms with Crippen LogP contribution in [0.3, 0.4) is 0 Å². The van der Waals surface area contributed by atoms with Gasteiger partial charge in [-0.05, 0) is 325 Å². The number of nitrogens with zero attached hydrogens (tertiary/aromatic N) is 11. The van der Waals surface area contributed by atoms with Gasteiger partial charge in [0.1, 0.15) is 5.82 Å². The van der Waals surface area contributed by atoms with Crippen molar-refractivity contribution in [2.45, 2.75) is 398 Å². The van der Waals surface area contributed by atoms with Crippen LogP contribution < -0.4 is 0 Å². The number of carbonyl (C=O) groups excluding carboxylic acids is 1. The Bertz CT molecular complexity index is 3880. The van der Waals surface area contributed by atoms with Crippen LogP contribution in [0.5, 0.6) is 0 Å². The van der Waals surface area contributed by atoms with E-state index in [9.17, 15) is 9.18 Å². The van der Waals surface area contributed by atoms with Crippen molar-refractivity contribution in [2.24, 2.45) is 16.2 Å². The third kappa shape index (κ3) is 26.8. The molecule has 10 fully saturated rings. The molecule has 22 heteroatoms. The first kappa shape index (κ1) is 97.4. The zero-order chi connectivity index (χ0) is 88.0. The molecule has 10 aliphatic rings. The van der Waals surface area contributed by atoms with Crippen LogP contribution in [0.2, 0.25) is 0 Å². The Morgan fingerprint density at radius 1 is 0.419 bits per heavy atom. The van der Waals surface area contributed by atoms with Gasteiger partial charge in [0.15, 0.2) is 0 Å². The van der Waals surface area contributed by atoms with Gasteiger partial charge < -0.3 is 48.3 Å².